The van der Waals surface area contributed by atoms with Crippen LogP contribution in [-0.4, -0.2) is 14.5 Å². The zero-order valence-corrected chi connectivity index (χ0v) is 39.5. The Morgan fingerprint density at radius 2 is 0.986 bits per heavy atom. The van der Waals surface area contributed by atoms with Crippen LogP contribution >= 0.6 is 0 Å². The van der Waals surface area contributed by atoms with E-state index in [0.717, 1.165) is 108 Å². The maximum atomic E-state index is 5.38. The number of nitrogens with zero attached hydrogens (tertiary/aromatic N) is 3. The summed E-state index contributed by atoms with van der Waals surface area (Å²) >= 11 is 0. The molecule has 10 rings (SSSR count). The van der Waals surface area contributed by atoms with Gasteiger partial charge in [-0.1, -0.05) is 238 Å². The fourth-order valence-corrected chi connectivity index (χ4v) is 9.72. The largest absolute Gasteiger partial charge is 0.307 e. The molecule has 0 aliphatic rings. The zero-order chi connectivity index (χ0) is 47.8. The van der Waals surface area contributed by atoms with Crippen LogP contribution in [0.1, 0.15) is 35.4 Å². The summed E-state index contributed by atoms with van der Waals surface area (Å²) in [6, 6.07) is 75.6. The highest BCUT2D eigenvalue weighted by Crippen LogP contribution is 2.49. The SMILES string of the molecule is C=C/C=C(\C=C)c1cc(-c2ccccc2)nc(-c2cc(-c3ccccc3)c(-n3c(/C(=C\CCC=C)c4ccccc4)c(C)c4c(-c5ccccc5)ccc(-c5ccccc5)c43)c(-c3ccccc3)c2)n1. The molecule has 3 heteroatoms. The molecule has 0 unspecified atom stereocenters. The minimum absolute atomic E-state index is 0.605. The molecule has 336 valence electrons. The van der Waals surface area contributed by atoms with Crippen LogP contribution < -0.4 is 0 Å². The first-order chi connectivity index (χ1) is 34.6. The lowest BCUT2D eigenvalue weighted by atomic mass is 9.91. The highest BCUT2D eigenvalue weighted by atomic mass is 15.0. The summed E-state index contributed by atoms with van der Waals surface area (Å²) in [5, 5.41) is 1.20. The van der Waals surface area contributed by atoms with Gasteiger partial charge in [-0.2, -0.15) is 0 Å². The Morgan fingerprint density at radius 3 is 1.50 bits per heavy atom. The number of fused-ring (bicyclic) bond motifs is 1. The molecular formula is C67H53N3. The van der Waals surface area contributed by atoms with Crippen molar-refractivity contribution in [1.82, 2.24) is 14.5 Å². The van der Waals surface area contributed by atoms with Crippen LogP contribution in [0, 0.1) is 6.92 Å². The molecule has 0 spiro atoms. The Bertz CT molecular complexity index is 3490. The molecule has 0 bridgehead atoms. The number of benzene rings is 8. The van der Waals surface area contributed by atoms with Gasteiger partial charge >= 0.3 is 0 Å². The van der Waals surface area contributed by atoms with Crippen molar-refractivity contribution in [3.05, 3.63) is 285 Å². The number of hydrogen-bond donors (Lipinski definition) is 0. The number of aromatic nitrogens is 3. The lowest BCUT2D eigenvalue weighted by Crippen LogP contribution is -2.08. The van der Waals surface area contributed by atoms with Gasteiger partial charge in [0, 0.05) is 38.8 Å². The maximum Gasteiger partial charge on any atom is 0.160 e. The Labute approximate surface area is 412 Å². The molecule has 2 heterocycles. The average molecular weight is 900 g/mol. The molecule has 0 saturated heterocycles. The summed E-state index contributed by atoms with van der Waals surface area (Å²) in [4.78, 5) is 10.7. The number of allylic oxidation sites excluding steroid dienone is 6. The van der Waals surface area contributed by atoms with E-state index in [0.29, 0.717) is 5.82 Å². The standard InChI is InChI=1S/C67H53N3/c1-5-8-15-41-57(50-31-18-10-19-32-50)64-47(4)63-56(49-29-16-9-17-30-49)42-43-58(51-33-20-11-21-34-51)66(63)70(64)65-59(52-35-22-12-23-36-52)44-55(45-60(65)53-37-24-13-25-38-53)67-68-61(48(7-3)28-6-2)46-62(69-67)54-39-26-14-27-40-54/h5-7,9-14,16-46H,1-3,8,15H2,4H3/b48-28+,57-41-. The van der Waals surface area contributed by atoms with Crippen molar-refractivity contribution in [2.45, 2.75) is 19.8 Å². The van der Waals surface area contributed by atoms with Crippen LogP contribution in [0.3, 0.4) is 0 Å². The number of rotatable bonds is 15. The van der Waals surface area contributed by atoms with Crippen molar-refractivity contribution in [1.29, 1.82) is 0 Å². The van der Waals surface area contributed by atoms with Gasteiger partial charge in [0.25, 0.3) is 0 Å². The van der Waals surface area contributed by atoms with Crippen molar-refractivity contribution < 1.29 is 0 Å². The zero-order valence-electron chi connectivity index (χ0n) is 39.5. The lowest BCUT2D eigenvalue weighted by molar-refractivity contribution is 1.04. The Kier molecular flexibility index (Phi) is 13.2. The topological polar surface area (TPSA) is 30.7 Å². The molecule has 0 fully saturated rings. The van der Waals surface area contributed by atoms with Gasteiger partial charge in [-0.3, -0.25) is 0 Å². The summed E-state index contributed by atoms with van der Waals surface area (Å²) in [5.41, 5.74) is 19.9. The summed E-state index contributed by atoms with van der Waals surface area (Å²) in [6.07, 6.45) is 11.7. The summed E-state index contributed by atoms with van der Waals surface area (Å²) in [5.74, 6) is 0.605. The van der Waals surface area contributed by atoms with Gasteiger partial charge in [-0.25, -0.2) is 9.97 Å². The molecule has 8 aromatic carbocycles. The van der Waals surface area contributed by atoms with E-state index in [9.17, 15) is 0 Å². The van der Waals surface area contributed by atoms with E-state index in [2.05, 4.69) is 225 Å². The van der Waals surface area contributed by atoms with E-state index in [1.54, 1.807) is 6.08 Å². The van der Waals surface area contributed by atoms with Crippen molar-refractivity contribution in [2.24, 2.45) is 0 Å². The predicted molar refractivity (Wildman–Crippen MR) is 298 cm³/mol. The van der Waals surface area contributed by atoms with E-state index < -0.39 is 0 Å². The van der Waals surface area contributed by atoms with Gasteiger partial charge in [0.05, 0.1) is 28.3 Å². The first-order valence-corrected chi connectivity index (χ1v) is 23.9. The molecule has 0 amide bonds. The molecule has 0 atom stereocenters. The summed E-state index contributed by atoms with van der Waals surface area (Å²) < 4.78 is 2.59. The van der Waals surface area contributed by atoms with Gasteiger partial charge in [0.2, 0.25) is 0 Å². The molecule has 2 aromatic heterocycles. The molecule has 70 heavy (non-hydrogen) atoms. The van der Waals surface area contributed by atoms with E-state index in [4.69, 9.17) is 9.97 Å². The average Bonchev–Trinajstić information content (AvgIpc) is 3.73. The first-order valence-electron chi connectivity index (χ1n) is 23.9. The lowest BCUT2D eigenvalue weighted by Gasteiger charge is -2.24. The van der Waals surface area contributed by atoms with Gasteiger partial charge in [0.1, 0.15) is 0 Å². The van der Waals surface area contributed by atoms with E-state index in [-0.39, 0.29) is 0 Å². The Balaban J connectivity index is 1.43. The number of hydrogen-bond acceptors (Lipinski definition) is 2. The Hall–Kier alpha value is -8.92. The minimum Gasteiger partial charge on any atom is -0.307 e. The maximum absolute atomic E-state index is 5.38. The van der Waals surface area contributed by atoms with E-state index in [1.807, 2.05) is 42.5 Å². The smallest absolute Gasteiger partial charge is 0.160 e. The van der Waals surface area contributed by atoms with E-state index >= 15 is 0 Å². The minimum atomic E-state index is 0.605. The van der Waals surface area contributed by atoms with Gasteiger partial charge in [0.15, 0.2) is 5.82 Å². The number of aryl methyl sites for hydroxylation is 1. The second kappa shape index (κ2) is 20.5. The second-order valence-electron chi connectivity index (χ2n) is 17.3. The van der Waals surface area contributed by atoms with Gasteiger partial charge < -0.3 is 4.57 Å². The molecule has 3 nitrogen and oxygen atoms in total. The van der Waals surface area contributed by atoms with Crippen LogP contribution in [0.5, 0.6) is 0 Å². The Morgan fingerprint density at radius 1 is 0.500 bits per heavy atom. The van der Waals surface area contributed by atoms with Crippen LogP contribution in [0.2, 0.25) is 0 Å². The van der Waals surface area contributed by atoms with Crippen LogP contribution in [0.25, 0.3) is 94.9 Å². The third kappa shape index (κ3) is 8.85. The monoisotopic (exact) mass is 899 g/mol. The predicted octanol–water partition coefficient (Wildman–Crippen LogP) is 17.9. The molecule has 0 aliphatic heterocycles. The van der Waals surface area contributed by atoms with Crippen molar-refractivity contribution in [3.8, 4) is 72.8 Å². The highest BCUT2D eigenvalue weighted by Gasteiger charge is 2.29. The summed E-state index contributed by atoms with van der Waals surface area (Å²) in [7, 11) is 0. The van der Waals surface area contributed by atoms with Crippen molar-refractivity contribution in [3.63, 3.8) is 0 Å². The van der Waals surface area contributed by atoms with Crippen LogP contribution in [-0.2, 0) is 0 Å². The van der Waals surface area contributed by atoms with Crippen LogP contribution in [0.4, 0.5) is 0 Å². The molecule has 0 saturated carbocycles. The quantitative estimate of drug-likeness (QED) is 0.0583. The van der Waals surface area contributed by atoms with Crippen LogP contribution in [0.15, 0.2) is 262 Å². The second-order valence-corrected chi connectivity index (χ2v) is 17.3. The molecule has 10 aromatic rings. The first kappa shape index (κ1) is 44.9. The fourth-order valence-electron chi connectivity index (χ4n) is 9.72. The van der Waals surface area contributed by atoms with Crippen molar-refractivity contribution in [2.75, 3.05) is 0 Å². The van der Waals surface area contributed by atoms with Gasteiger partial charge in [-0.05, 0) is 82.5 Å². The highest BCUT2D eigenvalue weighted by molar-refractivity contribution is 6.10. The molecule has 0 radical (unpaired) electrons. The third-order valence-electron chi connectivity index (χ3n) is 13.0. The molecule has 0 N–H and O–H groups in total. The molecular weight excluding hydrogens is 847 g/mol. The molecule has 0 aliphatic carbocycles. The fraction of sp³-hybridized carbons (Fsp3) is 0.0448. The normalized spacial score (nSPS) is 11.7. The number of unbranched alkanes of at least 4 members (excludes halogenated alkanes) is 1. The van der Waals surface area contributed by atoms with Crippen molar-refractivity contribution >= 4 is 22.0 Å². The van der Waals surface area contributed by atoms with E-state index in [1.165, 1.54) is 16.5 Å². The van der Waals surface area contributed by atoms with Gasteiger partial charge in [-0.15, -0.1) is 6.58 Å². The third-order valence-corrected chi connectivity index (χ3v) is 13.0. The summed E-state index contributed by atoms with van der Waals surface area (Å²) in [6.45, 7) is 14.6.